The first-order valence-corrected chi connectivity index (χ1v) is 18.1. The normalized spacial score (nSPS) is 18.2. The lowest BCUT2D eigenvalue weighted by molar-refractivity contribution is -0.157. The van der Waals surface area contributed by atoms with Gasteiger partial charge in [0.1, 0.15) is 22.0 Å². The zero-order valence-electron chi connectivity index (χ0n) is 27.5. The van der Waals surface area contributed by atoms with Gasteiger partial charge in [0.05, 0.1) is 23.2 Å². The molecule has 0 N–H and O–H groups in total. The van der Waals surface area contributed by atoms with Crippen LogP contribution >= 0.6 is 11.8 Å². The second kappa shape index (κ2) is 14.5. The Labute approximate surface area is 273 Å². The third-order valence-electron chi connectivity index (χ3n) is 8.06. The number of benzene rings is 3. The van der Waals surface area contributed by atoms with Gasteiger partial charge >= 0.3 is 5.97 Å². The van der Waals surface area contributed by atoms with E-state index < -0.39 is 27.1 Å². The summed E-state index contributed by atoms with van der Waals surface area (Å²) in [4.78, 5) is 15.6. The van der Waals surface area contributed by atoms with Crippen LogP contribution in [0.4, 0.5) is 11.4 Å². The number of methoxy groups -OCH3 is 1. The molecule has 45 heavy (non-hydrogen) atoms. The van der Waals surface area contributed by atoms with Crippen molar-refractivity contribution in [2.24, 2.45) is 0 Å². The highest BCUT2D eigenvalue weighted by Crippen LogP contribution is 2.47. The van der Waals surface area contributed by atoms with Gasteiger partial charge in [0.15, 0.2) is 6.61 Å². The lowest BCUT2D eigenvalue weighted by Gasteiger charge is -2.43. The van der Waals surface area contributed by atoms with E-state index in [1.54, 1.807) is 38.3 Å². The number of sulfonamides is 1. The molecule has 0 saturated carbocycles. The molecule has 1 heterocycles. The molecule has 1 atom stereocenters. The van der Waals surface area contributed by atoms with Crippen LogP contribution in [0, 0.1) is 0 Å². The van der Waals surface area contributed by atoms with E-state index in [9.17, 15) is 4.79 Å². The van der Waals surface area contributed by atoms with Gasteiger partial charge in [-0.1, -0.05) is 57.0 Å². The molecule has 244 valence electrons. The van der Waals surface area contributed by atoms with Gasteiger partial charge < -0.3 is 19.1 Å². The molecule has 3 aromatic carbocycles. The van der Waals surface area contributed by atoms with Crippen LogP contribution in [0.1, 0.15) is 65.9 Å². The topological polar surface area (TPSA) is 85.4 Å². The molecule has 8 nitrogen and oxygen atoms in total. The Bertz CT molecular complexity index is 1560. The zero-order chi connectivity index (χ0) is 32.8. The van der Waals surface area contributed by atoms with Gasteiger partial charge in [0, 0.05) is 24.8 Å². The van der Waals surface area contributed by atoms with Crippen molar-refractivity contribution < 1.29 is 27.4 Å². The van der Waals surface area contributed by atoms with Crippen molar-refractivity contribution in [3.05, 3.63) is 72.3 Å². The molecule has 0 fully saturated rings. The number of unbranched alkanes of at least 4 members (excludes halogenated alkanes) is 1. The summed E-state index contributed by atoms with van der Waals surface area (Å²) in [6, 6.07) is 20.9. The molecule has 0 unspecified atom stereocenters. The summed E-state index contributed by atoms with van der Waals surface area (Å²) in [6.07, 6.45) is 5.05. The fourth-order valence-electron chi connectivity index (χ4n) is 5.72. The average Bonchev–Trinajstić information content (AvgIpc) is 3.09. The number of hydrogen-bond acceptors (Lipinski definition) is 8. The predicted octanol–water partition coefficient (Wildman–Crippen LogP) is 7.82. The number of thioether (sulfide) groups is 1. The summed E-state index contributed by atoms with van der Waals surface area (Å²) in [5, 5.41) is 0. The number of nitrogens with zero attached hydrogens (tertiary/aromatic N) is 2. The third kappa shape index (κ3) is 7.96. The molecule has 4 rings (SSSR count). The Morgan fingerprint density at radius 2 is 1.71 bits per heavy atom. The van der Waals surface area contributed by atoms with E-state index >= 15 is 8.42 Å². The van der Waals surface area contributed by atoms with Gasteiger partial charge in [0.25, 0.3) is 0 Å². The molecule has 1 aliphatic rings. The van der Waals surface area contributed by atoms with Gasteiger partial charge in [-0.15, -0.1) is 11.8 Å². The van der Waals surface area contributed by atoms with Crippen LogP contribution in [0.3, 0.4) is 0 Å². The molecular formula is C35H46N2O6S2. The van der Waals surface area contributed by atoms with E-state index in [4.69, 9.17) is 14.2 Å². The van der Waals surface area contributed by atoms with Crippen molar-refractivity contribution >= 4 is 39.1 Å². The molecule has 0 amide bonds. The number of esters is 1. The van der Waals surface area contributed by atoms with Crippen molar-refractivity contribution in [3.63, 3.8) is 0 Å². The Morgan fingerprint density at radius 1 is 1.02 bits per heavy atom. The molecule has 10 heteroatoms. The fraction of sp³-hybridized carbons (Fsp3) is 0.457. The van der Waals surface area contributed by atoms with Crippen molar-refractivity contribution in [2.75, 3.05) is 31.4 Å². The van der Waals surface area contributed by atoms with E-state index in [1.165, 1.54) is 11.8 Å². The number of carbonyl (C=O) groups is 1. The number of rotatable bonds is 12. The highest BCUT2D eigenvalue weighted by atomic mass is 32.2. The predicted molar refractivity (Wildman–Crippen MR) is 181 cm³/mol. The summed E-state index contributed by atoms with van der Waals surface area (Å²) in [5.74, 6) is 0.511. The minimum Gasteiger partial charge on any atom is -0.497 e. The maximum absolute atomic E-state index is 15.1. The summed E-state index contributed by atoms with van der Waals surface area (Å²) in [5.41, 5.74) is 0.983. The molecule has 0 spiro atoms. The van der Waals surface area contributed by atoms with E-state index in [1.807, 2.05) is 66.9 Å². The smallest absolute Gasteiger partial charge is 0.344 e. The number of para-hydroxylation sites is 1. The Balaban J connectivity index is 1.93. The Morgan fingerprint density at radius 3 is 2.29 bits per heavy atom. The lowest BCUT2D eigenvalue weighted by Crippen LogP contribution is -2.54. The highest BCUT2D eigenvalue weighted by Gasteiger charge is 2.48. The van der Waals surface area contributed by atoms with E-state index in [0.29, 0.717) is 36.6 Å². The van der Waals surface area contributed by atoms with Crippen molar-refractivity contribution in [1.82, 2.24) is 4.31 Å². The molecular weight excluding hydrogens is 609 g/mol. The van der Waals surface area contributed by atoms with Crippen LogP contribution in [-0.4, -0.2) is 56.3 Å². The number of anilines is 2. The largest absolute Gasteiger partial charge is 0.497 e. The second-order valence-electron chi connectivity index (χ2n) is 12.3. The first-order chi connectivity index (χ1) is 21.4. The Hall–Kier alpha value is -3.21. The number of fused-ring (bicyclic) bond motifs is 1. The molecule has 0 bridgehead atoms. The highest BCUT2D eigenvalue weighted by molar-refractivity contribution is 7.98. The van der Waals surface area contributed by atoms with Gasteiger partial charge in [-0.3, -0.25) is 0 Å². The van der Waals surface area contributed by atoms with Crippen molar-refractivity contribution in [1.29, 1.82) is 0 Å². The average molecular weight is 655 g/mol. The molecule has 3 aromatic rings. The van der Waals surface area contributed by atoms with Gasteiger partial charge in [-0.05, 0) is 75.8 Å². The van der Waals surface area contributed by atoms with E-state index in [0.717, 1.165) is 29.0 Å². The Kier molecular flexibility index (Phi) is 11.2. The minimum atomic E-state index is -4.08. The van der Waals surface area contributed by atoms with Crippen LogP contribution in [0.5, 0.6) is 11.5 Å². The number of carbonyl (C=O) groups excluding carboxylic acids is 1. The fourth-order valence-corrected chi connectivity index (χ4v) is 8.30. The molecule has 0 saturated heterocycles. The number of ether oxygens (including phenoxy) is 3. The molecule has 1 aliphatic heterocycles. The first kappa shape index (κ1) is 34.7. The maximum atomic E-state index is 15.1. The van der Waals surface area contributed by atoms with Crippen LogP contribution < -0.4 is 14.4 Å². The standard InChI is InChI=1S/C35H46N2O6S2/c1-8-10-20-35(9-2)25-36(27-14-12-11-13-15-27)29-21-31(44-7)30(42-24-33(38)43-34(3,4)5)22-32(29)45(39,40)37(35)23-26-16-18-28(41-6)19-17-26/h11-19,21-22H,8-10,20,23-25H2,1-7H3/t35-/m0/s1. The summed E-state index contributed by atoms with van der Waals surface area (Å²) in [7, 11) is -2.47. The molecule has 0 aromatic heterocycles. The monoisotopic (exact) mass is 654 g/mol. The van der Waals surface area contributed by atoms with Gasteiger partial charge in [-0.25, -0.2) is 13.2 Å². The van der Waals surface area contributed by atoms with E-state index in [-0.39, 0.29) is 18.0 Å². The third-order valence-corrected chi connectivity index (χ3v) is 10.8. The summed E-state index contributed by atoms with van der Waals surface area (Å²) in [6.45, 7) is 9.92. The van der Waals surface area contributed by atoms with Crippen molar-refractivity contribution in [2.45, 2.75) is 87.8 Å². The SMILES string of the molecule is CCCC[C@@]1(CC)CN(c2ccccc2)c2cc(SC)c(OCC(=O)OC(C)(C)C)cc2S(=O)(=O)N1Cc1ccc(OC)cc1. The van der Waals surface area contributed by atoms with Crippen LogP contribution in [-0.2, 0) is 26.1 Å². The van der Waals surface area contributed by atoms with Crippen LogP contribution in [0.15, 0.2) is 76.5 Å². The lowest BCUT2D eigenvalue weighted by atomic mass is 9.88. The van der Waals surface area contributed by atoms with Gasteiger partial charge in [-0.2, -0.15) is 4.31 Å². The van der Waals surface area contributed by atoms with Crippen LogP contribution in [0.25, 0.3) is 0 Å². The van der Waals surface area contributed by atoms with E-state index in [2.05, 4.69) is 18.7 Å². The first-order valence-electron chi connectivity index (χ1n) is 15.4. The van der Waals surface area contributed by atoms with Crippen LogP contribution in [0.2, 0.25) is 0 Å². The zero-order valence-corrected chi connectivity index (χ0v) is 29.1. The summed E-state index contributed by atoms with van der Waals surface area (Å²) < 4.78 is 48.6. The second-order valence-corrected chi connectivity index (χ2v) is 15.0. The minimum absolute atomic E-state index is 0.142. The van der Waals surface area contributed by atoms with Gasteiger partial charge in [0.2, 0.25) is 10.0 Å². The summed E-state index contributed by atoms with van der Waals surface area (Å²) >= 11 is 1.44. The maximum Gasteiger partial charge on any atom is 0.344 e. The molecule has 0 radical (unpaired) electrons. The quantitative estimate of drug-likeness (QED) is 0.144. The van der Waals surface area contributed by atoms with Crippen molar-refractivity contribution in [3.8, 4) is 11.5 Å². The number of hydrogen-bond donors (Lipinski definition) is 0. The molecule has 0 aliphatic carbocycles.